The van der Waals surface area contributed by atoms with E-state index in [4.69, 9.17) is 9.15 Å². The van der Waals surface area contributed by atoms with E-state index < -0.39 is 0 Å². The average molecular weight is 406 g/mol. The Morgan fingerprint density at radius 2 is 1.67 bits per heavy atom. The molecule has 0 aliphatic rings. The zero-order valence-electron chi connectivity index (χ0n) is 18.3. The maximum absolute atomic E-state index is 12.7. The molecule has 1 heterocycles. The largest absolute Gasteiger partial charge is 0.485 e. The van der Waals surface area contributed by atoms with Crippen LogP contribution in [0.4, 0.5) is 0 Å². The molecule has 0 aliphatic carbocycles. The van der Waals surface area contributed by atoms with E-state index in [2.05, 4.69) is 50.4 Å². The highest BCUT2D eigenvalue weighted by molar-refractivity contribution is 5.91. The van der Waals surface area contributed by atoms with E-state index in [1.54, 1.807) is 12.1 Å². The van der Waals surface area contributed by atoms with Gasteiger partial charge < -0.3 is 14.5 Å². The summed E-state index contributed by atoms with van der Waals surface area (Å²) < 4.78 is 11.5. The van der Waals surface area contributed by atoms with Gasteiger partial charge in [-0.2, -0.15) is 0 Å². The standard InChI is InChI=1S/C26H31NO3/c1-5-18(3)20-11-13-21(14-12-20)23(6-2)27-26(28)25-16-15-22(30-25)17-29-24-10-8-7-9-19(24)4/h7-16,18,23H,5-6,17H2,1-4H3,(H,27,28). The highest BCUT2D eigenvalue weighted by Crippen LogP contribution is 2.23. The normalized spacial score (nSPS) is 12.9. The summed E-state index contributed by atoms with van der Waals surface area (Å²) in [5, 5.41) is 3.08. The molecular weight excluding hydrogens is 374 g/mol. The first-order chi connectivity index (χ1) is 14.5. The number of hydrogen-bond acceptors (Lipinski definition) is 3. The first kappa shape index (κ1) is 21.7. The lowest BCUT2D eigenvalue weighted by Crippen LogP contribution is -2.27. The number of hydrogen-bond donors (Lipinski definition) is 1. The minimum absolute atomic E-state index is 0.0553. The van der Waals surface area contributed by atoms with Gasteiger partial charge in [-0.05, 0) is 60.6 Å². The zero-order valence-corrected chi connectivity index (χ0v) is 18.3. The molecule has 0 spiro atoms. The SMILES string of the molecule is CCC(C)c1ccc(C(CC)NC(=O)c2ccc(COc3ccccc3C)o2)cc1. The molecule has 0 radical (unpaired) electrons. The Hall–Kier alpha value is -3.01. The highest BCUT2D eigenvalue weighted by atomic mass is 16.5. The molecule has 0 saturated carbocycles. The molecule has 1 aromatic heterocycles. The van der Waals surface area contributed by atoms with Gasteiger partial charge in [0.1, 0.15) is 18.1 Å². The van der Waals surface area contributed by atoms with Crippen LogP contribution in [0.3, 0.4) is 0 Å². The molecule has 0 aliphatic heterocycles. The molecule has 4 nitrogen and oxygen atoms in total. The highest BCUT2D eigenvalue weighted by Gasteiger charge is 2.17. The lowest BCUT2D eigenvalue weighted by Gasteiger charge is -2.18. The molecule has 1 N–H and O–H groups in total. The number of benzene rings is 2. The number of carbonyl (C=O) groups excluding carboxylic acids is 1. The first-order valence-corrected chi connectivity index (χ1v) is 10.7. The summed E-state index contributed by atoms with van der Waals surface area (Å²) >= 11 is 0. The number of carbonyl (C=O) groups is 1. The van der Waals surface area contributed by atoms with Crippen molar-refractivity contribution in [2.75, 3.05) is 0 Å². The van der Waals surface area contributed by atoms with E-state index in [0.717, 1.165) is 29.7 Å². The fourth-order valence-electron chi connectivity index (χ4n) is 3.39. The molecule has 158 valence electrons. The molecule has 4 heteroatoms. The number of aryl methyl sites for hydroxylation is 1. The number of ether oxygens (including phenoxy) is 1. The van der Waals surface area contributed by atoms with Gasteiger partial charge in [0.15, 0.2) is 5.76 Å². The van der Waals surface area contributed by atoms with E-state index in [1.807, 2.05) is 31.2 Å². The molecular formula is C26H31NO3. The summed E-state index contributed by atoms with van der Waals surface area (Å²) in [4.78, 5) is 12.7. The van der Waals surface area contributed by atoms with Crippen molar-refractivity contribution in [1.82, 2.24) is 5.32 Å². The molecule has 2 atom stereocenters. The van der Waals surface area contributed by atoms with Crippen molar-refractivity contribution in [3.63, 3.8) is 0 Å². The maximum Gasteiger partial charge on any atom is 0.287 e. The maximum atomic E-state index is 12.7. The van der Waals surface area contributed by atoms with Crippen molar-refractivity contribution in [2.45, 2.75) is 59.1 Å². The quantitative estimate of drug-likeness (QED) is 0.438. The van der Waals surface area contributed by atoms with E-state index >= 15 is 0 Å². The van der Waals surface area contributed by atoms with Crippen LogP contribution in [0.1, 0.15) is 78.6 Å². The second kappa shape index (κ2) is 10.1. The van der Waals surface area contributed by atoms with E-state index in [-0.39, 0.29) is 18.6 Å². The fourth-order valence-corrected chi connectivity index (χ4v) is 3.39. The molecule has 2 unspecified atom stereocenters. The summed E-state index contributed by atoms with van der Waals surface area (Å²) in [7, 11) is 0. The predicted octanol–water partition coefficient (Wildman–Crippen LogP) is 6.56. The monoisotopic (exact) mass is 405 g/mol. The molecule has 3 rings (SSSR count). The second-order valence-electron chi connectivity index (χ2n) is 7.73. The van der Waals surface area contributed by atoms with Crippen molar-refractivity contribution in [1.29, 1.82) is 0 Å². The molecule has 0 bridgehead atoms. The Kier molecular flexibility index (Phi) is 7.34. The lowest BCUT2D eigenvalue weighted by atomic mass is 9.95. The van der Waals surface area contributed by atoms with Crippen LogP contribution in [0.2, 0.25) is 0 Å². The van der Waals surface area contributed by atoms with Crippen molar-refractivity contribution in [3.05, 3.63) is 88.9 Å². The minimum atomic E-state index is -0.213. The van der Waals surface area contributed by atoms with Crippen LogP contribution in [0.15, 0.2) is 65.1 Å². The Morgan fingerprint density at radius 3 is 2.33 bits per heavy atom. The molecule has 0 saturated heterocycles. The van der Waals surface area contributed by atoms with Gasteiger partial charge in [-0.15, -0.1) is 0 Å². The summed E-state index contributed by atoms with van der Waals surface area (Å²) in [5.74, 6) is 2.06. The van der Waals surface area contributed by atoms with Crippen LogP contribution in [0.5, 0.6) is 5.75 Å². The van der Waals surface area contributed by atoms with Gasteiger partial charge in [0.05, 0.1) is 6.04 Å². The molecule has 0 fully saturated rings. The van der Waals surface area contributed by atoms with E-state index in [0.29, 0.717) is 17.4 Å². The van der Waals surface area contributed by atoms with Crippen LogP contribution in [0, 0.1) is 6.92 Å². The van der Waals surface area contributed by atoms with Crippen LogP contribution in [-0.4, -0.2) is 5.91 Å². The van der Waals surface area contributed by atoms with Crippen molar-refractivity contribution >= 4 is 5.91 Å². The van der Waals surface area contributed by atoms with Gasteiger partial charge in [0.2, 0.25) is 0 Å². The molecule has 2 aromatic carbocycles. The van der Waals surface area contributed by atoms with Crippen LogP contribution >= 0.6 is 0 Å². The van der Waals surface area contributed by atoms with E-state index in [1.165, 1.54) is 5.56 Å². The summed E-state index contributed by atoms with van der Waals surface area (Å²) in [6, 6.07) is 19.8. The number of furan rings is 1. The van der Waals surface area contributed by atoms with E-state index in [9.17, 15) is 4.79 Å². The summed E-state index contributed by atoms with van der Waals surface area (Å²) in [6.07, 6.45) is 1.92. The van der Waals surface area contributed by atoms with Crippen LogP contribution in [-0.2, 0) is 6.61 Å². The molecule has 1 amide bonds. The van der Waals surface area contributed by atoms with Crippen molar-refractivity contribution in [3.8, 4) is 5.75 Å². The average Bonchev–Trinajstić information content (AvgIpc) is 3.25. The third-order valence-electron chi connectivity index (χ3n) is 5.58. The third kappa shape index (κ3) is 5.32. The molecule has 30 heavy (non-hydrogen) atoms. The van der Waals surface area contributed by atoms with Gasteiger partial charge >= 0.3 is 0 Å². The molecule has 3 aromatic rings. The number of nitrogens with one attached hydrogen (secondary N) is 1. The number of amides is 1. The minimum Gasteiger partial charge on any atom is -0.485 e. The Bertz CT molecular complexity index is 958. The lowest BCUT2D eigenvalue weighted by molar-refractivity contribution is 0.0903. The van der Waals surface area contributed by atoms with Crippen LogP contribution in [0.25, 0.3) is 0 Å². The number of para-hydroxylation sites is 1. The van der Waals surface area contributed by atoms with Crippen molar-refractivity contribution < 1.29 is 13.9 Å². The van der Waals surface area contributed by atoms with Gasteiger partial charge in [-0.3, -0.25) is 4.79 Å². The van der Waals surface area contributed by atoms with Gasteiger partial charge in [-0.25, -0.2) is 0 Å². The van der Waals surface area contributed by atoms with Gasteiger partial charge in [0, 0.05) is 0 Å². The topological polar surface area (TPSA) is 51.5 Å². The summed E-state index contributed by atoms with van der Waals surface area (Å²) in [6.45, 7) is 8.77. The Labute approximate surface area is 179 Å². The van der Waals surface area contributed by atoms with Crippen LogP contribution < -0.4 is 10.1 Å². The zero-order chi connectivity index (χ0) is 21.5. The smallest absolute Gasteiger partial charge is 0.287 e. The second-order valence-corrected chi connectivity index (χ2v) is 7.73. The van der Waals surface area contributed by atoms with Gasteiger partial charge in [0.25, 0.3) is 5.91 Å². The first-order valence-electron chi connectivity index (χ1n) is 10.7. The fraction of sp³-hybridized carbons (Fsp3) is 0.346. The predicted molar refractivity (Wildman–Crippen MR) is 120 cm³/mol. The van der Waals surface area contributed by atoms with Crippen molar-refractivity contribution in [2.24, 2.45) is 0 Å². The summed E-state index contributed by atoms with van der Waals surface area (Å²) in [5.41, 5.74) is 3.49. The number of rotatable bonds is 9. The Morgan fingerprint density at radius 1 is 0.967 bits per heavy atom. The third-order valence-corrected chi connectivity index (χ3v) is 5.58. The Balaban J connectivity index is 1.61. The van der Waals surface area contributed by atoms with Gasteiger partial charge in [-0.1, -0.05) is 63.2 Å².